The number of carbonyl (C=O) groups excluding carboxylic acids is 4. The summed E-state index contributed by atoms with van der Waals surface area (Å²) in [6.07, 6.45) is 3.10. The third-order valence-electron chi connectivity index (χ3n) is 15.4. The molecular formula is C59H61N3O12. The van der Waals surface area contributed by atoms with Crippen molar-refractivity contribution in [3.8, 4) is 29.1 Å². The molecule has 0 radical (unpaired) electrons. The number of hydrogen-bond donors (Lipinski definition) is 2. The van der Waals surface area contributed by atoms with Crippen LogP contribution in [0, 0.1) is 17.8 Å². The van der Waals surface area contributed by atoms with Gasteiger partial charge < -0.3 is 43.5 Å². The van der Waals surface area contributed by atoms with E-state index in [4.69, 9.17) is 28.4 Å². The lowest BCUT2D eigenvalue weighted by molar-refractivity contribution is -0.179. The van der Waals surface area contributed by atoms with Crippen molar-refractivity contribution < 1.29 is 57.8 Å². The molecule has 2 saturated heterocycles. The van der Waals surface area contributed by atoms with Gasteiger partial charge >= 0.3 is 12.1 Å². The Morgan fingerprint density at radius 2 is 1.45 bits per heavy atom. The number of esters is 1. The predicted molar refractivity (Wildman–Crippen MR) is 272 cm³/mol. The Hall–Kier alpha value is -7.22. The fraction of sp³-hybridized carbons (Fsp3) is 0.390. The van der Waals surface area contributed by atoms with E-state index in [1.165, 1.54) is 7.11 Å². The number of fused-ring (bicyclic) bond motifs is 4. The van der Waals surface area contributed by atoms with Gasteiger partial charge in [0.2, 0.25) is 11.8 Å². The number of nitrogens with zero attached hydrogens (tertiary/aromatic N) is 3. The molecule has 0 unspecified atom stereocenters. The van der Waals surface area contributed by atoms with Crippen molar-refractivity contribution in [3.05, 3.63) is 154 Å². The number of imide groups is 1. The second kappa shape index (κ2) is 21.3. The van der Waals surface area contributed by atoms with Crippen molar-refractivity contribution in [2.45, 2.75) is 86.7 Å². The van der Waals surface area contributed by atoms with E-state index in [-0.39, 0.29) is 50.8 Å². The van der Waals surface area contributed by atoms with Crippen LogP contribution in [0.2, 0.25) is 0 Å². The van der Waals surface area contributed by atoms with Crippen LogP contribution in [0.1, 0.15) is 95.7 Å². The second-order valence-electron chi connectivity index (χ2n) is 19.6. The monoisotopic (exact) mass is 1000 g/mol. The van der Waals surface area contributed by atoms with E-state index in [0.717, 1.165) is 47.3 Å². The summed E-state index contributed by atoms with van der Waals surface area (Å²) in [5, 5.41) is 21.7. The zero-order chi connectivity index (χ0) is 51.6. The number of ether oxygens (including phenoxy) is 6. The number of aliphatic hydroxyl groups excluding tert-OH is 1. The lowest BCUT2D eigenvalue weighted by Crippen LogP contribution is -2.57. The number of amides is 3. The van der Waals surface area contributed by atoms with Crippen molar-refractivity contribution >= 4 is 29.6 Å². The van der Waals surface area contributed by atoms with Crippen LogP contribution in [0.25, 0.3) is 0 Å². The third-order valence-corrected chi connectivity index (χ3v) is 15.4. The van der Waals surface area contributed by atoms with Gasteiger partial charge in [-0.05, 0) is 108 Å². The summed E-state index contributed by atoms with van der Waals surface area (Å²) in [7, 11) is 4.58. The Balaban J connectivity index is 1.27. The van der Waals surface area contributed by atoms with Crippen molar-refractivity contribution in [2.24, 2.45) is 5.92 Å². The normalized spacial score (nSPS) is 23.9. The minimum absolute atomic E-state index is 0.0356. The van der Waals surface area contributed by atoms with Gasteiger partial charge in [-0.1, -0.05) is 97.5 Å². The maximum Gasteiger partial charge on any atom is 0.421 e. The van der Waals surface area contributed by atoms with Gasteiger partial charge in [0.25, 0.3) is 0 Å². The Morgan fingerprint density at radius 3 is 2.14 bits per heavy atom. The molecule has 0 bridgehead atoms. The smallest absolute Gasteiger partial charge is 0.421 e. The molecule has 4 aliphatic heterocycles. The number of rotatable bonds is 12. The Kier molecular flexibility index (Phi) is 14.5. The zero-order valence-corrected chi connectivity index (χ0v) is 41.9. The van der Waals surface area contributed by atoms with Gasteiger partial charge in [-0.25, -0.2) is 9.69 Å². The van der Waals surface area contributed by atoms with E-state index in [9.17, 15) is 15.0 Å². The van der Waals surface area contributed by atoms with E-state index in [0.29, 0.717) is 53.2 Å². The first-order valence-corrected chi connectivity index (χ1v) is 25.4. The van der Waals surface area contributed by atoms with Gasteiger partial charge in [-0.2, -0.15) is 0 Å². The minimum Gasteiger partial charge on any atom is -0.493 e. The fourth-order valence-electron chi connectivity index (χ4n) is 12.1. The van der Waals surface area contributed by atoms with Crippen LogP contribution in [0.5, 0.6) is 17.2 Å². The van der Waals surface area contributed by atoms with Crippen LogP contribution in [0.3, 0.4) is 0 Å². The summed E-state index contributed by atoms with van der Waals surface area (Å²) in [4.78, 5) is 68.5. The Bertz CT molecular complexity index is 2970. The molecule has 4 heterocycles. The standard InChI is InChI=1S/C59H61N3O12/c1-69-31-32-73-57(67)61-46-22-21-38(23-27-58(68)25-12-4-5-13-26-58)33-45(46)59(56(61)66)49(54(64)60-28-24-41-35-47(70-2)48(71-3)36-43(41)37-60)51-55(65)74-52(40-17-10-7-11-18-40)50(39-15-8-6-9-16-39)62(51)53(59)42-19-14-20-44(34-42)72-30-29-63/h6-11,14-22,33-36,49-53,63,68H,4-5,12-13,24-26,28-32,37H2,1-3H3/t49-,50-,51-,52+,53+,59-/m1/s1. The molecule has 384 valence electrons. The van der Waals surface area contributed by atoms with Crippen LogP contribution >= 0.6 is 0 Å². The molecule has 3 amide bonds. The average molecular weight is 1000 g/mol. The number of aliphatic hydroxyl groups is 2. The Labute approximate surface area is 430 Å². The molecule has 6 atom stereocenters. The number of carbonyl (C=O) groups is 4. The number of cyclic esters (lactones) is 1. The van der Waals surface area contributed by atoms with E-state index in [1.54, 1.807) is 55.5 Å². The average Bonchev–Trinajstić information content (AvgIpc) is 3.77. The van der Waals surface area contributed by atoms with Gasteiger partial charge in [0, 0.05) is 25.8 Å². The molecule has 2 N–H and O–H groups in total. The fourth-order valence-corrected chi connectivity index (χ4v) is 12.1. The van der Waals surface area contributed by atoms with Crippen LogP contribution in [0.4, 0.5) is 10.5 Å². The van der Waals surface area contributed by atoms with Crippen molar-refractivity contribution in [2.75, 3.05) is 59.2 Å². The molecule has 15 nitrogen and oxygen atoms in total. The molecule has 5 aliphatic rings. The molecule has 74 heavy (non-hydrogen) atoms. The first kappa shape index (κ1) is 50.3. The number of benzene rings is 5. The summed E-state index contributed by atoms with van der Waals surface area (Å²) in [5.74, 6) is 4.23. The highest BCUT2D eigenvalue weighted by Crippen LogP contribution is 2.66. The highest BCUT2D eigenvalue weighted by atomic mass is 16.6. The molecule has 1 spiro atoms. The summed E-state index contributed by atoms with van der Waals surface area (Å²) < 4.78 is 35.2. The first-order chi connectivity index (χ1) is 36.0. The minimum atomic E-state index is -2.10. The number of anilines is 1. The largest absolute Gasteiger partial charge is 0.493 e. The topological polar surface area (TPSA) is 174 Å². The summed E-state index contributed by atoms with van der Waals surface area (Å²) >= 11 is 0. The number of morpholine rings is 1. The summed E-state index contributed by atoms with van der Waals surface area (Å²) in [6.45, 7) is -0.134. The SMILES string of the molecule is COCCOC(=O)N1C(=O)[C@@]2(c3cc(C#CC4(O)CCCCCC4)ccc31)[C@H](c1cccc(OCCO)c1)N1[C@H](c3ccccc3)[C@H](c3ccccc3)OC(=O)[C@H]1[C@@H]2C(=O)N1CCc2cc(OC)c(OC)cc2C1. The van der Waals surface area contributed by atoms with Crippen LogP contribution < -0.4 is 19.1 Å². The number of methoxy groups -OCH3 is 3. The molecule has 0 aromatic heterocycles. The van der Waals surface area contributed by atoms with Crippen LogP contribution in [-0.4, -0.2) is 110 Å². The van der Waals surface area contributed by atoms with Crippen LogP contribution in [0.15, 0.2) is 115 Å². The molecule has 10 rings (SSSR count). The molecule has 1 saturated carbocycles. The molecule has 5 aromatic rings. The van der Waals surface area contributed by atoms with Gasteiger partial charge in [-0.15, -0.1) is 0 Å². The number of hydrogen-bond acceptors (Lipinski definition) is 13. The van der Waals surface area contributed by atoms with Gasteiger partial charge in [0.1, 0.15) is 42.1 Å². The predicted octanol–water partition coefficient (Wildman–Crippen LogP) is 7.55. The first-order valence-electron chi connectivity index (χ1n) is 25.4. The van der Waals surface area contributed by atoms with E-state index in [1.807, 2.05) is 83.8 Å². The van der Waals surface area contributed by atoms with Gasteiger partial charge in [-0.3, -0.25) is 19.3 Å². The highest BCUT2D eigenvalue weighted by molar-refractivity contribution is 6.23. The zero-order valence-electron chi connectivity index (χ0n) is 41.9. The highest BCUT2D eigenvalue weighted by Gasteiger charge is 2.76. The van der Waals surface area contributed by atoms with E-state index >= 15 is 14.4 Å². The maximum atomic E-state index is 16.8. The van der Waals surface area contributed by atoms with E-state index in [2.05, 4.69) is 11.8 Å². The van der Waals surface area contributed by atoms with Crippen molar-refractivity contribution in [1.82, 2.24) is 9.80 Å². The molecule has 3 fully saturated rings. The molecule has 5 aromatic carbocycles. The third kappa shape index (κ3) is 9.04. The quantitative estimate of drug-likeness (QED) is 0.0544. The Morgan fingerprint density at radius 1 is 0.757 bits per heavy atom. The lowest BCUT2D eigenvalue weighted by atomic mass is 9.64. The van der Waals surface area contributed by atoms with Gasteiger partial charge in [0.05, 0.1) is 51.1 Å². The van der Waals surface area contributed by atoms with Crippen molar-refractivity contribution in [1.29, 1.82) is 0 Å². The lowest BCUT2D eigenvalue weighted by Gasteiger charge is -2.46. The molecular weight excluding hydrogens is 943 g/mol. The maximum absolute atomic E-state index is 16.8. The van der Waals surface area contributed by atoms with Crippen LogP contribution in [-0.2, 0) is 47.0 Å². The van der Waals surface area contributed by atoms with Gasteiger partial charge in [0.15, 0.2) is 11.5 Å². The van der Waals surface area contributed by atoms with Crippen molar-refractivity contribution in [3.63, 3.8) is 0 Å². The summed E-state index contributed by atoms with van der Waals surface area (Å²) in [5.41, 5.74) is 1.15. The molecule has 15 heteroatoms. The second-order valence-corrected chi connectivity index (χ2v) is 19.6. The molecule has 1 aliphatic carbocycles. The summed E-state index contributed by atoms with van der Waals surface area (Å²) in [6, 6.07) is 31.4. The van der Waals surface area contributed by atoms with E-state index < -0.39 is 65.0 Å².